The van der Waals surface area contributed by atoms with Crippen LogP contribution in [-0.4, -0.2) is 47.0 Å². The van der Waals surface area contributed by atoms with Crippen molar-refractivity contribution in [1.82, 2.24) is 10.6 Å². The number of hydrogen-bond acceptors (Lipinski definition) is 7. The average Bonchev–Trinajstić information content (AvgIpc) is 3.35. The zero-order valence-electron chi connectivity index (χ0n) is 14.7. The molecule has 0 saturated carbocycles. The number of amides is 2. The number of urea groups is 1. The summed E-state index contributed by atoms with van der Waals surface area (Å²) in [5.41, 5.74) is 0.0359. The molecular weight excluding hydrogens is 370 g/mol. The highest BCUT2D eigenvalue weighted by Gasteiger charge is 2.42. The Morgan fingerprint density at radius 1 is 1.30 bits per heavy atom. The van der Waals surface area contributed by atoms with Crippen molar-refractivity contribution in [3.05, 3.63) is 39.0 Å². The summed E-state index contributed by atoms with van der Waals surface area (Å²) in [7, 11) is 0. The first-order valence-electron chi connectivity index (χ1n) is 8.85. The first-order chi connectivity index (χ1) is 13.1. The number of para-hydroxylation sites is 1. The predicted molar refractivity (Wildman–Crippen MR) is 100 cm³/mol. The topological polar surface area (TPSA) is 126 Å². The van der Waals surface area contributed by atoms with Gasteiger partial charge in [0.05, 0.1) is 22.4 Å². The lowest BCUT2D eigenvalue weighted by molar-refractivity contribution is -0.386. The molecular formula is C17H21N5O4S. The van der Waals surface area contributed by atoms with Crippen LogP contribution in [0.5, 0.6) is 0 Å². The first-order valence-corrected chi connectivity index (χ1v) is 9.89. The number of carbonyl (C=O) groups excluding carboxylic acids is 2. The van der Waals surface area contributed by atoms with E-state index in [0.29, 0.717) is 41.1 Å². The van der Waals surface area contributed by atoms with E-state index in [4.69, 9.17) is 0 Å². The minimum absolute atomic E-state index is 0.0248. The van der Waals surface area contributed by atoms with Gasteiger partial charge in [-0.3, -0.25) is 20.1 Å². The Labute approximate surface area is 159 Å². The second-order valence-electron chi connectivity index (χ2n) is 6.43. The fraction of sp³-hybridized carbons (Fsp3) is 0.529. The highest BCUT2D eigenvalue weighted by Crippen LogP contribution is 2.33. The molecule has 0 aromatic heterocycles. The van der Waals surface area contributed by atoms with Gasteiger partial charge in [0.2, 0.25) is 0 Å². The average molecular weight is 391 g/mol. The summed E-state index contributed by atoms with van der Waals surface area (Å²) >= 11 is 1.93. The Morgan fingerprint density at radius 3 is 2.93 bits per heavy atom. The minimum Gasteiger partial charge on any atom is -0.332 e. The number of nitro benzene ring substituents is 1. The summed E-state index contributed by atoms with van der Waals surface area (Å²) in [6.45, 7) is 0.306. The summed E-state index contributed by atoms with van der Waals surface area (Å²) in [6, 6.07) is 5.36. The molecule has 1 aromatic rings. The summed E-state index contributed by atoms with van der Waals surface area (Å²) in [6.07, 6.45) is 4.79. The molecule has 0 unspecified atom stereocenters. The van der Waals surface area contributed by atoms with Gasteiger partial charge in [0.1, 0.15) is 13.0 Å². The molecule has 10 heteroatoms. The van der Waals surface area contributed by atoms with E-state index in [0.717, 1.165) is 31.3 Å². The summed E-state index contributed by atoms with van der Waals surface area (Å²) in [5, 5.41) is 17.9. The summed E-state index contributed by atoms with van der Waals surface area (Å²) < 4.78 is 0. The Kier molecular flexibility index (Phi) is 6.38. The molecule has 4 rings (SSSR count). The summed E-state index contributed by atoms with van der Waals surface area (Å²) in [4.78, 5) is 39.2. The Hall–Kier alpha value is -2.49. The quantitative estimate of drug-likeness (QED) is 0.243. The van der Waals surface area contributed by atoms with Crippen molar-refractivity contribution in [2.45, 2.75) is 43.0 Å². The molecule has 2 amide bonds. The van der Waals surface area contributed by atoms with Gasteiger partial charge in [0.25, 0.3) is 5.69 Å². The van der Waals surface area contributed by atoms with Gasteiger partial charge in [0, 0.05) is 23.5 Å². The van der Waals surface area contributed by atoms with E-state index in [1.807, 2.05) is 11.8 Å². The molecule has 9 nitrogen and oxygen atoms in total. The number of non-ortho nitro benzene ring substituents is 1. The number of aldehydes is 1. The highest BCUT2D eigenvalue weighted by molar-refractivity contribution is 8.00. The maximum absolute atomic E-state index is 11.1. The molecule has 3 aliphatic rings. The van der Waals surface area contributed by atoms with Gasteiger partial charge in [0.15, 0.2) is 5.36 Å². The minimum atomic E-state index is -0.441. The van der Waals surface area contributed by atoms with Crippen molar-refractivity contribution in [3.63, 3.8) is 0 Å². The van der Waals surface area contributed by atoms with E-state index in [9.17, 15) is 19.7 Å². The SMILES string of the molecule is O=CCCCC[C@@H]1SC[C@@H]2NC(=O)N[C@@H]21.O=[N+]([O-])c1cccc2c1=NCN=2. The van der Waals surface area contributed by atoms with Gasteiger partial charge in [-0.2, -0.15) is 11.8 Å². The Morgan fingerprint density at radius 2 is 2.15 bits per heavy atom. The van der Waals surface area contributed by atoms with Gasteiger partial charge in [-0.15, -0.1) is 0 Å². The molecule has 0 radical (unpaired) electrons. The van der Waals surface area contributed by atoms with Crippen LogP contribution in [0.4, 0.5) is 10.5 Å². The van der Waals surface area contributed by atoms with Crippen LogP contribution in [0.15, 0.2) is 28.2 Å². The monoisotopic (exact) mass is 391 g/mol. The molecule has 144 valence electrons. The predicted octanol–water partition coefficient (Wildman–Crippen LogP) is 0.716. The van der Waals surface area contributed by atoms with E-state index < -0.39 is 4.92 Å². The normalized spacial score (nSPS) is 24.3. The zero-order valence-corrected chi connectivity index (χ0v) is 15.5. The van der Waals surface area contributed by atoms with Crippen LogP contribution in [0.2, 0.25) is 0 Å². The maximum Gasteiger partial charge on any atom is 0.315 e. The Balaban J connectivity index is 0.000000159. The van der Waals surface area contributed by atoms with Crippen molar-refractivity contribution in [1.29, 1.82) is 0 Å². The van der Waals surface area contributed by atoms with Gasteiger partial charge >= 0.3 is 6.03 Å². The zero-order chi connectivity index (χ0) is 19.2. The molecule has 3 heterocycles. The number of nitrogens with zero attached hydrogens (tertiary/aromatic N) is 3. The number of rotatable bonds is 6. The van der Waals surface area contributed by atoms with Crippen molar-refractivity contribution >= 4 is 29.8 Å². The number of nitro groups is 1. The molecule has 0 bridgehead atoms. The molecule has 3 atom stereocenters. The third-order valence-electron chi connectivity index (χ3n) is 4.66. The molecule has 2 fully saturated rings. The van der Waals surface area contributed by atoms with Gasteiger partial charge in [-0.25, -0.2) is 4.79 Å². The third kappa shape index (κ3) is 4.62. The molecule has 1 aromatic carbocycles. The van der Waals surface area contributed by atoms with Crippen LogP contribution in [-0.2, 0) is 4.79 Å². The first kappa shape index (κ1) is 19.3. The second kappa shape index (κ2) is 8.94. The number of hydrogen-bond donors (Lipinski definition) is 2. The van der Waals surface area contributed by atoms with Crippen LogP contribution < -0.4 is 21.3 Å². The second-order valence-corrected chi connectivity index (χ2v) is 7.70. The maximum atomic E-state index is 11.1. The molecule has 0 aliphatic carbocycles. The van der Waals surface area contributed by atoms with E-state index >= 15 is 0 Å². The van der Waals surface area contributed by atoms with E-state index in [2.05, 4.69) is 20.6 Å². The smallest absolute Gasteiger partial charge is 0.315 e. The fourth-order valence-electron chi connectivity index (χ4n) is 3.35. The third-order valence-corrected chi connectivity index (χ3v) is 6.17. The van der Waals surface area contributed by atoms with Crippen molar-refractivity contribution in [3.8, 4) is 0 Å². The van der Waals surface area contributed by atoms with Gasteiger partial charge in [-0.1, -0.05) is 12.5 Å². The van der Waals surface area contributed by atoms with Gasteiger partial charge < -0.3 is 15.4 Å². The highest BCUT2D eigenvalue weighted by atomic mass is 32.2. The number of benzene rings is 1. The molecule has 0 spiro atoms. The van der Waals surface area contributed by atoms with Crippen LogP contribution in [0, 0.1) is 10.1 Å². The Bertz CT molecular complexity index is 846. The van der Waals surface area contributed by atoms with Crippen molar-refractivity contribution in [2.75, 3.05) is 12.4 Å². The van der Waals surface area contributed by atoms with Crippen LogP contribution in [0.25, 0.3) is 0 Å². The van der Waals surface area contributed by atoms with Crippen LogP contribution >= 0.6 is 11.8 Å². The fourth-order valence-corrected chi connectivity index (χ4v) is 4.90. The lowest BCUT2D eigenvalue weighted by Gasteiger charge is -2.15. The number of nitrogens with one attached hydrogen (secondary N) is 2. The lowest BCUT2D eigenvalue weighted by atomic mass is 10.0. The van der Waals surface area contributed by atoms with Gasteiger partial charge in [-0.05, 0) is 18.9 Å². The number of thioether (sulfide) groups is 1. The molecule has 27 heavy (non-hydrogen) atoms. The number of carbonyl (C=O) groups is 2. The number of unbranched alkanes of at least 4 members (excludes halogenated alkanes) is 2. The van der Waals surface area contributed by atoms with Crippen LogP contribution in [0.3, 0.4) is 0 Å². The standard InChI is InChI=1S/C10H16N2O2S.C7H5N3O2/c13-5-3-1-2-4-8-9-7(6-15-8)11-10(14)12-9;11-10(12)6-3-1-2-5-7(6)9-4-8-5/h5,7-9H,1-4,6H2,(H2,11,12,14);1-3H,4H2/t7-,8-,9-;/m0./s1. The lowest BCUT2D eigenvalue weighted by Crippen LogP contribution is -2.36. The molecule has 2 N–H and O–H groups in total. The summed E-state index contributed by atoms with van der Waals surface area (Å²) in [5.74, 6) is 1.02. The van der Waals surface area contributed by atoms with Crippen molar-refractivity contribution in [2.24, 2.45) is 9.98 Å². The number of fused-ring (bicyclic) bond motifs is 2. The van der Waals surface area contributed by atoms with Crippen LogP contribution in [0.1, 0.15) is 25.7 Å². The van der Waals surface area contributed by atoms with E-state index in [1.165, 1.54) is 6.07 Å². The molecule has 2 saturated heterocycles. The van der Waals surface area contributed by atoms with E-state index in [-0.39, 0.29) is 11.7 Å². The molecule has 3 aliphatic heterocycles. The van der Waals surface area contributed by atoms with Crippen molar-refractivity contribution < 1.29 is 14.5 Å². The largest absolute Gasteiger partial charge is 0.332 e. The van der Waals surface area contributed by atoms with E-state index in [1.54, 1.807) is 12.1 Å².